The Labute approximate surface area is 188 Å². The van der Waals surface area contributed by atoms with Crippen LogP contribution in [0, 0.1) is 31.0 Å². The van der Waals surface area contributed by atoms with Crippen LogP contribution in [0.25, 0.3) is 0 Å². The number of amides is 1. The predicted molar refractivity (Wildman–Crippen MR) is 119 cm³/mol. The number of aryl methyl sites for hydroxylation is 2. The van der Waals surface area contributed by atoms with Crippen LogP contribution in [0.15, 0.2) is 41.3 Å². The van der Waals surface area contributed by atoms with E-state index >= 15 is 0 Å². The van der Waals surface area contributed by atoms with E-state index in [1.807, 2.05) is 30.9 Å². The smallest absolute Gasteiger partial charge is 0.243 e. The third kappa shape index (κ3) is 5.33. The van der Waals surface area contributed by atoms with Crippen molar-refractivity contribution in [1.82, 2.24) is 14.1 Å². The molecule has 32 heavy (non-hydrogen) atoms. The van der Waals surface area contributed by atoms with Gasteiger partial charge in [-0.25, -0.2) is 12.8 Å². The lowest BCUT2D eigenvalue weighted by molar-refractivity contribution is -0.131. The fourth-order valence-electron chi connectivity index (χ4n) is 3.57. The van der Waals surface area contributed by atoms with Gasteiger partial charge < -0.3 is 4.90 Å². The summed E-state index contributed by atoms with van der Waals surface area (Å²) in [5.74, 6) is -0.661. The number of rotatable bonds is 6. The van der Waals surface area contributed by atoms with E-state index in [0.717, 1.165) is 11.1 Å². The molecule has 0 N–H and O–H groups in total. The Morgan fingerprint density at radius 2 is 1.78 bits per heavy atom. The zero-order valence-electron chi connectivity index (χ0n) is 18.5. The van der Waals surface area contributed by atoms with Crippen molar-refractivity contribution in [2.45, 2.75) is 25.3 Å². The van der Waals surface area contributed by atoms with Gasteiger partial charge in [-0.3, -0.25) is 9.69 Å². The maximum atomic E-state index is 14.0. The number of likely N-dealkylation sites (N-methyl/N-ethyl adjacent to an activating group) is 1. The topological polar surface area (TPSA) is 84.7 Å². The van der Waals surface area contributed by atoms with Crippen LogP contribution in [-0.4, -0.2) is 68.2 Å². The SMILES string of the molecule is Cc1ccc(S(=O)(=O)N2CCN(CC(=O)N(C)Cc3cc(C#N)ccc3F)CC2)cc1C. The molecule has 2 aromatic rings. The van der Waals surface area contributed by atoms with Gasteiger partial charge in [0.25, 0.3) is 0 Å². The molecule has 7 nitrogen and oxygen atoms in total. The largest absolute Gasteiger partial charge is 0.340 e. The molecular formula is C23H27FN4O3S. The molecule has 9 heteroatoms. The molecule has 2 aromatic carbocycles. The lowest BCUT2D eigenvalue weighted by atomic mass is 10.1. The second-order valence-corrected chi connectivity index (χ2v) is 10.0. The highest BCUT2D eigenvalue weighted by atomic mass is 32.2. The van der Waals surface area contributed by atoms with Gasteiger partial charge in [0.05, 0.1) is 23.1 Å². The summed E-state index contributed by atoms with van der Waals surface area (Å²) in [6.07, 6.45) is 0. The third-order valence-electron chi connectivity index (χ3n) is 5.81. The van der Waals surface area contributed by atoms with Crippen molar-refractivity contribution in [3.8, 4) is 6.07 Å². The zero-order valence-corrected chi connectivity index (χ0v) is 19.3. The second kappa shape index (κ2) is 9.77. The van der Waals surface area contributed by atoms with E-state index in [2.05, 4.69) is 0 Å². The standard InChI is InChI=1S/C23H27FN4O3S/c1-17-4-6-21(12-18(17)2)32(30,31)28-10-8-27(9-11-28)16-23(29)26(3)15-20-13-19(14-25)5-7-22(20)24/h4-7,12-13H,8-11,15-16H2,1-3H3. The number of carbonyl (C=O) groups excluding carboxylic acids is 1. The number of halogens is 1. The van der Waals surface area contributed by atoms with Gasteiger partial charge >= 0.3 is 0 Å². The summed E-state index contributed by atoms with van der Waals surface area (Å²) in [5, 5.41) is 8.98. The molecule has 1 aliphatic heterocycles. The van der Waals surface area contributed by atoms with E-state index in [9.17, 15) is 17.6 Å². The molecular weight excluding hydrogens is 431 g/mol. The Morgan fingerprint density at radius 3 is 2.41 bits per heavy atom. The Balaban J connectivity index is 1.57. The van der Waals surface area contributed by atoms with E-state index in [1.54, 1.807) is 19.2 Å². The van der Waals surface area contributed by atoms with Gasteiger partial charge in [-0.1, -0.05) is 6.07 Å². The highest BCUT2D eigenvalue weighted by Crippen LogP contribution is 2.20. The summed E-state index contributed by atoms with van der Waals surface area (Å²) in [6.45, 7) is 5.46. The van der Waals surface area contributed by atoms with Crippen molar-refractivity contribution in [1.29, 1.82) is 5.26 Å². The first-order valence-electron chi connectivity index (χ1n) is 10.3. The van der Waals surface area contributed by atoms with Crippen molar-refractivity contribution in [2.24, 2.45) is 0 Å². The molecule has 1 fully saturated rings. The molecule has 1 saturated heterocycles. The van der Waals surface area contributed by atoms with Gasteiger partial charge in [0, 0.05) is 45.3 Å². The molecule has 0 saturated carbocycles. The summed E-state index contributed by atoms with van der Waals surface area (Å²) < 4.78 is 41.4. The van der Waals surface area contributed by atoms with Crippen LogP contribution < -0.4 is 0 Å². The number of carbonyl (C=O) groups is 1. The molecule has 0 aliphatic carbocycles. The number of sulfonamides is 1. The highest BCUT2D eigenvalue weighted by molar-refractivity contribution is 7.89. The molecule has 0 atom stereocenters. The maximum Gasteiger partial charge on any atom is 0.243 e. The van der Waals surface area contributed by atoms with Crippen LogP contribution in [0.2, 0.25) is 0 Å². The summed E-state index contributed by atoms with van der Waals surface area (Å²) in [4.78, 5) is 16.2. The lowest BCUT2D eigenvalue weighted by Gasteiger charge is -2.34. The minimum Gasteiger partial charge on any atom is -0.340 e. The van der Waals surface area contributed by atoms with Gasteiger partial charge in [-0.2, -0.15) is 9.57 Å². The average molecular weight is 459 g/mol. The molecule has 3 rings (SSSR count). The van der Waals surface area contributed by atoms with E-state index in [0.29, 0.717) is 31.7 Å². The second-order valence-electron chi connectivity index (χ2n) is 8.09. The van der Waals surface area contributed by atoms with Gasteiger partial charge in [0.1, 0.15) is 5.82 Å². The number of nitriles is 1. The summed E-state index contributed by atoms with van der Waals surface area (Å²) >= 11 is 0. The highest BCUT2D eigenvalue weighted by Gasteiger charge is 2.29. The molecule has 0 aromatic heterocycles. The third-order valence-corrected chi connectivity index (χ3v) is 7.71. The first kappa shape index (κ1) is 23.9. The molecule has 170 valence electrons. The first-order valence-corrected chi connectivity index (χ1v) is 11.8. The Bertz CT molecular complexity index is 1150. The van der Waals surface area contributed by atoms with Gasteiger partial charge in [0.15, 0.2) is 0 Å². The molecule has 0 bridgehead atoms. The van der Waals surface area contributed by atoms with E-state index in [-0.39, 0.29) is 29.5 Å². The predicted octanol–water partition coefficient (Wildman–Crippen LogP) is 2.28. The van der Waals surface area contributed by atoms with Gasteiger partial charge in [-0.15, -0.1) is 0 Å². The summed E-state index contributed by atoms with van der Waals surface area (Å²) in [6, 6.07) is 11.1. The quantitative estimate of drug-likeness (QED) is 0.663. The first-order chi connectivity index (χ1) is 15.1. The van der Waals surface area contributed by atoms with Crippen molar-refractivity contribution in [2.75, 3.05) is 39.8 Å². The van der Waals surface area contributed by atoms with Crippen molar-refractivity contribution in [3.63, 3.8) is 0 Å². The minimum absolute atomic E-state index is 0.0569. The van der Waals surface area contributed by atoms with Crippen LogP contribution in [0.5, 0.6) is 0 Å². The molecule has 0 spiro atoms. The number of hydrogen-bond acceptors (Lipinski definition) is 5. The number of hydrogen-bond donors (Lipinski definition) is 0. The fourth-order valence-corrected chi connectivity index (χ4v) is 5.08. The Hall–Kier alpha value is -2.80. The summed E-state index contributed by atoms with van der Waals surface area (Å²) in [5.41, 5.74) is 2.58. The lowest BCUT2D eigenvalue weighted by Crippen LogP contribution is -2.51. The van der Waals surface area contributed by atoms with E-state index in [4.69, 9.17) is 5.26 Å². The minimum atomic E-state index is -3.58. The van der Waals surface area contributed by atoms with Crippen molar-refractivity contribution < 1.29 is 17.6 Å². The van der Waals surface area contributed by atoms with Crippen molar-refractivity contribution >= 4 is 15.9 Å². The molecule has 1 heterocycles. The van der Waals surface area contributed by atoms with Crippen LogP contribution >= 0.6 is 0 Å². The number of piperazine rings is 1. The molecule has 1 amide bonds. The van der Waals surface area contributed by atoms with Crippen LogP contribution in [0.3, 0.4) is 0 Å². The monoisotopic (exact) mass is 458 g/mol. The maximum absolute atomic E-state index is 14.0. The van der Waals surface area contributed by atoms with Crippen molar-refractivity contribution in [3.05, 3.63) is 64.5 Å². The van der Waals surface area contributed by atoms with Gasteiger partial charge in [0.2, 0.25) is 15.9 Å². The van der Waals surface area contributed by atoms with Crippen LogP contribution in [0.4, 0.5) is 4.39 Å². The Morgan fingerprint density at radius 1 is 1.09 bits per heavy atom. The molecule has 0 unspecified atom stereocenters. The fraction of sp³-hybridized carbons (Fsp3) is 0.391. The number of nitrogens with zero attached hydrogens (tertiary/aromatic N) is 4. The number of benzene rings is 2. The molecule has 1 aliphatic rings. The van der Waals surface area contributed by atoms with Gasteiger partial charge in [-0.05, 0) is 55.3 Å². The molecule has 0 radical (unpaired) electrons. The zero-order chi connectivity index (χ0) is 23.5. The Kier molecular flexibility index (Phi) is 7.29. The van der Waals surface area contributed by atoms with E-state index in [1.165, 1.54) is 27.4 Å². The van der Waals surface area contributed by atoms with Crippen LogP contribution in [-0.2, 0) is 21.4 Å². The van der Waals surface area contributed by atoms with Crippen LogP contribution in [0.1, 0.15) is 22.3 Å². The normalized spacial score (nSPS) is 15.3. The average Bonchev–Trinajstić information content (AvgIpc) is 2.77. The summed E-state index contributed by atoms with van der Waals surface area (Å²) in [7, 11) is -1.99. The van der Waals surface area contributed by atoms with E-state index < -0.39 is 15.8 Å².